The summed E-state index contributed by atoms with van der Waals surface area (Å²) in [5.74, 6) is -1.10. The van der Waals surface area contributed by atoms with Crippen LogP contribution in [0.5, 0.6) is 0 Å². The number of imide groups is 1. The van der Waals surface area contributed by atoms with Crippen LogP contribution in [0.2, 0.25) is 0 Å². The number of urea groups is 1. The summed E-state index contributed by atoms with van der Waals surface area (Å²) in [6.45, 7) is 8.54. The van der Waals surface area contributed by atoms with Gasteiger partial charge >= 0.3 is 12.2 Å². The molecule has 1 aromatic heterocycles. The molecule has 3 fully saturated rings. The van der Waals surface area contributed by atoms with Gasteiger partial charge in [0.05, 0.1) is 35.6 Å². The molecule has 8 nitrogen and oxygen atoms in total. The molecule has 214 valence electrons. The summed E-state index contributed by atoms with van der Waals surface area (Å²) < 4.78 is 41.8. The number of piperazine rings is 1. The number of alkyl halides is 3. The summed E-state index contributed by atoms with van der Waals surface area (Å²) in [5.41, 5.74) is 0.711. The number of carbonyl (C=O) groups excluding carboxylic acids is 3. The molecule has 4 amide bonds. The number of benzene rings is 2. The number of likely N-dealkylation sites (tertiary alicyclic amines) is 1. The molecule has 4 atom stereocenters. The Morgan fingerprint density at radius 2 is 1.71 bits per heavy atom. The summed E-state index contributed by atoms with van der Waals surface area (Å²) >= 11 is 0. The number of hydrogen-bond donors (Lipinski definition) is 0. The third-order valence-corrected chi connectivity index (χ3v) is 8.39. The molecule has 11 heteroatoms. The number of hydrogen-bond acceptors (Lipinski definition) is 4. The fraction of sp³-hybridized carbons (Fsp3) is 0.400. The lowest BCUT2D eigenvalue weighted by molar-refractivity contribution is -0.137. The third-order valence-electron chi connectivity index (χ3n) is 8.39. The highest BCUT2D eigenvalue weighted by Gasteiger charge is 2.66. The Labute approximate surface area is 235 Å². The van der Waals surface area contributed by atoms with Crippen molar-refractivity contribution in [2.45, 2.75) is 64.0 Å². The minimum absolute atomic E-state index is 0.134. The molecule has 0 radical (unpaired) electrons. The van der Waals surface area contributed by atoms with Gasteiger partial charge in [0.2, 0.25) is 0 Å². The van der Waals surface area contributed by atoms with Crippen molar-refractivity contribution in [3.05, 3.63) is 83.2 Å². The van der Waals surface area contributed by atoms with E-state index in [0.29, 0.717) is 12.2 Å². The van der Waals surface area contributed by atoms with E-state index >= 15 is 0 Å². The zero-order valence-corrected chi connectivity index (χ0v) is 23.1. The average molecular weight is 566 g/mol. The zero-order valence-electron chi connectivity index (χ0n) is 23.1. The second-order valence-corrected chi connectivity index (χ2v) is 12.0. The van der Waals surface area contributed by atoms with Gasteiger partial charge in [-0.3, -0.25) is 14.3 Å². The van der Waals surface area contributed by atoms with E-state index in [0.717, 1.165) is 28.3 Å². The molecule has 2 aromatic carbocycles. The molecule has 3 aromatic rings. The molecule has 6 rings (SSSR count). The quantitative estimate of drug-likeness (QED) is 0.421. The monoisotopic (exact) mass is 565 g/mol. The number of nitrogens with zero attached hydrogens (tertiary/aromatic N) is 5. The van der Waals surface area contributed by atoms with E-state index < -0.39 is 41.8 Å². The Balaban J connectivity index is 1.33. The second-order valence-electron chi connectivity index (χ2n) is 12.0. The summed E-state index contributed by atoms with van der Waals surface area (Å²) in [5, 5.41) is 4.76. The minimum atomic E-state index is -4.62. The first-order valence-electron chi connectivity index (χ1n) is 13.5. The summed E-state index contributed by atoms with van der Waals surface area (Å²) in [6.07, 6.45) is -4.62. The maximum atomic E-state index is 14.1. The van der Waals surface area contributed by atoms with Crippen LogP contribution in [0.25, 0.3) is 0 Å². The predicted molar refractivity (Wildman–Crippen MR) is 144 cm³/mol. The summed E-state index contributed by atoms with van der Waals surface area (Å²) in [4.78, 5) is 45.1. The zero-order chi connectivity index (χ0) is 29.4. The lowest BCUT2D eigenvalue weighted by Crippen LogP contribution is -2.55. The number of carbonyl (C=O) groups is 3. The maximum Gasteiger partial charge on any atom is 0.416 e. The molecule has 2 unspecified atom stereocenters. The van der Waals surface area contributed by atoms with Gasteiger partial charge in [0, 0.05) is 17.9 Å². The maximum absolute atomic E-state index is 14.1. The molecule has 3 aliphatic heterocycles. The van der Waals surface area contributed by atoms with Gasteiger partial charge in [-0.05, 0) is 29.8 Å². The first-order chi connectivity index (χ1) is 19.3. The number of anilines is 1. The van der Waals surface area contributed by atoms with Crippen LogP contribution in [0.4, 0.5) is 23.7 Å². The lowest BCUT2D eigenvalue weighted by atomic mass is 9.92. The number of amides is 4. The lowest BCUT2D eigenvalue weighted by Gasteiger charge is -2.34. The van der Waals surface area contributed by atoms with Crippen molar-refractivity contribution >= 4 is 23.5 Å². The molecule has 0 N–H and O–H groups in total. The summed E-state index contributed by atoms with van der Waals surface area (Å²) in [6, 6.07) is 13.0. The van der Waals surface area contributed by atoms with Crippen molar-refractivity contribution in [3.8, 4) is 0 Å². The van der Waals surface area contributed by atoms with Gasteiger partial charge in [-0.25, -0.2) is 9.69 Å². The van der Waals surface area contributed by atoms with Gasteiger partial charge in [0.25, 0.3) is 11.8 Å². The fourth-order valence-electron chi connectivity index (χ4n) is 6.30. The van der Waals surface area contributed by atoms with Crippen LogP contribution < -0.4 is 4.90 Å². The van der Waals surface area contributed by atoms with Crippen LogP contribution in [-0.2, 0) is 22.9 Å². The van der Waals surface area contributed by atoms with Crippen LogP contribution in [0.3, 0.4) is 0 Å². The van der Waals surface area contributed by atoms with E-state index in [-0.39, 0.29) is 29.5 Å². The van der Waals surface area contributed by atoms with E-state index in [1.54, 1.807) is 15.6 Å². The number of fused-ring (bicyclic) bond motifs is 5. The highest BCUT2D eigenvalue weighted by Crippen LogP contribution is 2.46. The van der Waals surface area contributed by atoms with E-state index in [9.17, 15) is 27.6 Å². The second kappa shape index (κ2) is 9.19. The Morgan fingerprint density at radius 3 is 2.37 bits per heavy atom. The highest BCUT2D eigenvalue weighted by molar-refractivity contribution is 6.22. The number of halogens is 3. The van der Waals surface area contributed by atoms with E-state index in [1.807, 2.05) is 58.0 Å². The van der Waals surface area contributed by atoms with Crippen LogP contribution in [0.15, 0.2) is 60.7 Å². The molecule has 3 saturated heterocycles. The highest BCUT2D eigenvalue weighted by atomic mass is 19.4. The topological polar surface area (TPSA) is 78.8 Å². The molecule has 2 bridgehead atoms. The van der Waals surface area contributed by atoms with Crippen molar-refractivity contribution in [2.24, 2.45) is 5.92 Å². The van der Waals surface area contributed by atoms with E-state index in [2.05, 4.69) is 0 Å². The molecule has 0 aliphatic carbocycles. The van der Waals surface area contributed by atoms with Crippen molar-refractivity contribution in [1.29, 1.82) is 0 Å². The molecule has 0 saturated carbocycles. The SMILES string of the molecule is C[C@H]1C2[C@@H]3C(=O)N(c4cccc(C(F)(F)F)c4)C(=O)N3C1CN2C(=O)c1cc(C(C)(C)C)nn1Cc1ccccc1. The molecular weight excluding hydrogens is 535 g/mol. The minimum Gasteiger partial charge on any atom is -0.329 e. The third kappa shape index (κ3) is 4.29. The number of rotatable bonds is 4. The van der Waals surface area contributed by atoms with Crippen molar-refractivity contribution < 1.29 is 27.6 Å². The Morgan fingerprint density at radius 1 is 1.00 bits per heavy atom. The van der Waals surface area contributed by atoms with Crippen molar-refractivity contribution in [1.82, 2.24) is 19.6 Å². The van der Waals surface area contributed by atoms with Gasteiger partial charge in [-0.15, -0.1) is 0 Å². The summed E-state index contributed by atoms with van der Waals surface area (Å²) in [7, 11) is 0. The van der Waals surface area contributed by atoms with Gasteiger partial charge in [-0.2, -0.15) is 18.3 Å². The van der Waals surface area contributed by atoms with E-state index in [4.69, 9.17) is 5.10 Å². The van der Waals surface area contributed by atoms with Crippen molar-refractivity contribution in [2.75, 3.05) is 11.4 Å². The van der Waals surface area contributed by atoms with E-state index in [1.165, 1.54) is 17.0 Å². The fourth-order valence-corrected chi connectivity index (χ4v) is 6.30. The normalized spacial score (nSPS) is 24.0. The van der Waals surface area contributed by atoms with Gasteiger partial charge < -0.3 is 9.80 Å². The average Bonchev–Trinajstić information content (AvgIpc) is 3.63. The van der Waals surface area contributed by atoms with Crippen LogP contribution in [0.1, 0.15) is 55.0 Å². The Kier molecular flexibility index (Phi) is 6.06. The first-order valence-corrected chi connectivity index (χ1v) is 13.5. The molecular formula is C30H30F3N5O3. The molecule has 0 spiro atoms. The standard InChI is InChI=1S/C30H30F3N5O3/c1-17-22-16-35(26(39)21-14-23(29(2,3)4)34-36(21)15-18-9-6-5-7-10-18)24(17)25-27(40)37(28(41)38(22)25)20-12-8-11-19(13-20)30(31,32)33/h5-14,17,22,24-25H,15-16H2,1-4H3/t17-,22?,24?,25-/m1/s1. The van der Waals surface area contributed by atoms with Gasteiger partial charge in [0.1, 0.15) is 11.7 Å². The van der Waals surface area contributed by atoms with Crippen LogP contribution >= 0.6 is 0 Å². The molecule has 4 heterocycles. The largest absolute Gasteiger partial charge is 0.416 e. The van der Waals surface area contributed by atoms with Crippen LogP contribution in [-0.4, -0.2) is 62.1 Å². The Bertz CT molecular complexity index is 1540. The first kappa shape index (κ1) is 27.0. The van der Waals surface area contributed by atoms with Gasteiger partial charge in [0.15, 0.2) is 0 Å². The van der Waals surface area contributed by atoms with Gasteiger partial charge in [-0.1, -0.05) is 64.1 Å². The Hall–Kier alpha value is -4.15. The smallest absolute Gasteiger partial charge is 0.329 e. The van der Waals surface area contributed by atoms with Crippen LogP contribution in [0, 0.1) is 5.92 Å². The molecule has 41 heavy (non-hydrogen) atoms. The molecule has 3 aliphatic rings. The van der Waals surface area contributed by atoms with Crippen molar-refractivity contribution in [3.63, 3.8) is 0 Å². The number of aromatic nitrogens is 2. The predicted octanol–water partition coefficient (Wildman–Crippen LogP) is 4.93.